The molecule has 0 bridgehead atoms. The third-order valence-electron chi connectivity index (χ3n) is 5.97. The summed E-state index contributed by atoms with van der Waals surface area (Å²) in [6.45, 7) is 4.21. The number of aromatic nitrogens is 1. The van der Waals surface area contributed by atoms with E-state index in [-0.39, 0.29) is 16.8 Å². The number of fused-ring (bicyclic) bond motifs is 1. The molecule has 202 valence electrons. The summed E-state index contributed by atoms with van der Waals surface area (Å²) >= 11 is 17.4. The van der Waals surface area contributed by atoms with E-state index in [1.54, 1.807) is 42.5 Å². The van der Waals surface area contributed by atoms with Crippen LogP contribution in [0.15, 0.2) is 81.6 Å². The van der Waals surface area contributed by atoms with Crippen LogP contribution >= 0.6 is 35.4 Å². The second-order valence-electron chi connectivity index (χ2n) is 9.27. The van der Waals surface area contributed by atoms with Gasteiger partial charge in [-0.1, -0.05) is 43.1 Å². The molecule has 0 radical (unpaired) electrons. The Kier molecular flexibility index (Phi) is 7.93. The summed E-state index contributed by atoms with van der Waals surface area (Å²) in [6, 6.07) is 19.2. The predicted molar refractivity (Wildman–Crippen MR) is 163 cm³/mol. The molecule has 5 aromatic rings. The molecule has 0 aliphatic heterocycles. The number of oxazole rings is 1. The van der Waals surface area contributed by atoms with E-state index in [0.29, 0.717) is 49.8 Å². The average molecular weight is 593 g/mol. The lowest BCUT2D eigenvalue weighted by Crippen LogP contribution is -2.32. The Bertz CT molecular complexity index is 1750. The fraction of sp³-hybridized carbons (Fsp3) is 0.100. The molecule has 1 amide bonds. The number of benzene rings is 3. The van der Waals surface area contributed by atoms with Crippen LogP contribution in [0.5, 0.6) is 5.75 Å². The highest BCUT2D eigenvalue weighted by Gasteiger charge is 2.15. The Morgan fingerprint density at radius 1 is 1.00 bits per heavy atom. The van der Waals surface area contributed by atoms with Crippen LogP contribution in [0.1, 0.15) is 31.1 Å². The van der Waals surface area contributed by atoms with Crippen LogP contribution in [0.3, 0.4) is 0 Å². The van der Waals surface area contributed by atoms with Gasteiger partial charge in [-0.25, -0.2) is 4.98 Å². The standard InChI is InChI=1S/C30H23Cl2N3O4S/c1-16(2)17-3-8-27-24(13-17)34-29(39-27)23-15-21(4-7-25(23)36)33-30(40)35-28(37)10-6-22-5-9-26(38-22)18-11-19(31)14-20(32)12-18/h3-16,36H,1-2H3,(H2,33,35,37,40)/b10-6+. The molecule has 3 aromatic carbocycles. The highest BCUT2D eigenvalue weighted by atomic mass is 35.5. The summed E-state index contributed by atoms with van der Waals surface area (Å²) in [5.41, 5.74) is 4.10. The number of amides is 1. The highest BCUT2D eigenvalue weighted by Crippen LogP contribution is 2.34. The van der Waals surface area contributed by atoms with Crippen molar-refractivity contribution < 1.29 is 18.7 Å². The fourth-order valence-electron chi connectivity index (χ4n) is 3.97. The number of hydrogen-bond acceptors (Lipinski definition) is 6. The van der Waals surface area contributed by atoms with Gasteiger partial charge in [0.15, 0.2) is 10.7 Å². The fourth-order valence-corrected chi connectivity index (χ4v) is 4.72. The van der Waals surface area contributed by atoms with E-state index >= 15 is 0 Å². The quantitative estimate of drug-likeness (QED) is 0.103. The van der Waals surface area contributed by atoms with Crippen LogP contribution in [0.2, 0.25) is 10.0 Å². The van der Waals surface area contributed by atoms with E-state index < -0.39 is 5.91 Å². The third-order valence-corrected chi connectivity index (χ3v) is 6.61. The smallest absolute Gasteiger partial charge is 0.250 e. The molecule has 5 rings (SSSR count). The minimum Gasteiger partial charge on any atom is -0.507 e. The lowest BCUT2D eigenvalue weighted by Gasteiger charge is -2.09. The zero-order chi connectivity index (χ0) is 28.4. The summed E-state index contributed by atoms with van der Waals surface area (Å²) in [5, 5.41) is 17.0. The van der Waals surface area contributed by atoms with Gasteiger partial charge in [0.2, 0.25) is 11.8 Å². The second-order valence-corrected chi connectivity index (χ2v) is 10.6. The molecule has 0 saturated carbocycles. The predicted octanol–water partition coefficient (Wildman–Crippen LogP) is 8.42. The Labute approximate surface area is 245 Å². The van der Waals surface area contributed by atoms with Crippen molar-refractivity contribution in [3.8, 4) is 28.5 Å². The molecule has 7 nitrogen and oxygen atoms in total. The number of nitrogens with one attached hydrogen (secondary N) is 2. The lowest BCUT2D eigenvalue weighted by molar-refractivity contribution is -0.115. The maximum absolute atomic E-state index is 12.4. The molecule has 0 unspecified atom stereocenters. The molecule has 0 aliphatic rings. The van der Waals surface area contributed by atoms with Crippen molar-refractivity contribution in [2.24, 2.45) is 0 Å². The van der Waals surface area contributed by atoms with E-state index in [0.717, 1.165) is 11.1 Å². The summed E-state index contributed by atoms with van der Waals surface area (Å²) in [7, 11) is 0. The van der Waals surface area contributed by atoms with E-state index in [9.17, 15) is 9.90 Å². The molecule has 2 heterocycles. The maximum atomic E-state index is 12.4. The normalized spacial score (nSPS) is 11.4. The van der Waals surface area contributed by atoms with Crippen LogP contribution in [0.25, 0.3) is 40.0 Å². The van der Waals surface area contributed by atoms with Gasteiger partial charge in [-0.15, -0.1) is 0 Å². The molecule has 0 atom stereocenters. The van der Waals surface area contributed by atoms with E-state index in [1.807, 2.05) is 18.2 Å². The van der Waals surface area contributed by atoms with Gasteiger partial charge in [0.1, 0.15) is 22.8 Å². The molecule has 0 saturated heterocycles. The van der Waals surface area contributed by atoms with Gasteiger partial charge in [-0.2, -0.15) is 0 Å². The summed E-state index contributed by atoms with van der Waals surface area (Å²) in [6.07, 6.45) is 2.82. The number of nitrogens with zero attached hydrogens (tertiary/aromatic N) is 1. The van der Waals surface area contributed by atoms with E-state index in [2.05, 4.69) is 29.5 Å². The zero-order valence-electron chi connectivity index (χ0n) is 21.4. The first kappa shape index (κ1) is 27.5. The van der Waals surface area contributed by atoms with Crippen molar-refractivity contribution in [1.29, 1.82) is 0 Å². The van der Waals surface area contributed by atoms with Crippen LogP contribution in [-0.2, 0) is 4.79 Å². The number of thiocarbonyl (C=S) groups is 1. The van der Waals surface area contributed by atoms with Crippen molar-refractivity contribution in [3.05, 3.63) is 94.2 Å². The largest absolute Gasteiger partial charge is 0.507 e. The lowest BCUT2D eigenvalue weighted by atomic mass is 10.0. The molecule has 0 fully saturated rings. The molecule has 0 spiro atoms. The number of phenolic OH excluding ortho intramolecular Hbond substituents is 1. The Balaban J connectivity index is 1.24. The number of carbonyl (C=O) groups is 1. The molecule has 40 heavy (non-hydrogen) atoms. The number of phenols is 1. The van der Waals surface area contributed by atoms with Crippen molar-refractivity contribution in [2.75, 3.05) is 5.32 Å². The van der Waals surface area contributed by atoms with Gasteiger partial charge in [0.05, 0.1) is 5.56 Å². The van der Waals surface area contributed by atoms with E-state index in [1.165, 1.54) is 18.2 Å². The van der Waals surface area contributed by atoms with Gasteiger partial charge >= 0.3 is 0 Å². The first-order chi connectivity index (χ1) is 19.1. The monoisotopic (exact) mass is 591 g/mol. The molecule has 3 N–H and O–H groups in total. The average Bonchev–Trinajstić information content (AvgIpc) is 3.55. The van der Waals surface area contributed by atoms with E-state index in [4.69, 9.17) is 44.3 Å². The number of furan rings is 1. The first-order valence-electron chi connectivity index (χ1n) is 12.2. The van der Waals surface area contributed by atoms with Crippen molar-refractivity contribution in [1.82, 2.24) is 10.3 Å². The number of rotatable bonds is 6. The summed E-state index contributed by atoms with van der Waals surface area (Å²) in [5.74, 6) is 1.18. The van der Waals surface area contributed by atoms with Crippen molar-refractivity contribution in [2.45, 2.75) is 19.8 Å². The minimum absolute atomic E-state index is 0.00283. The molecule has 2 aromatic heterocycles. The highest BCUT2D eigenvalue weighted by molar-refractivity contribution is 7.80. The van der Waals surface area contributed by atoms with Crippen molar-refractivity contribution in [3.63, 3.8) is 0 Å². The van der Waals surface area contributed by atoms with Crippen LogP contribution in [-0.4, -0.2) is 21.1 Å². The number of aromatic hydroxyl groups is 1. The molecule has 10 heteroatoms. The maximum Gasteiger partial charge on any atom is 0.250 e. The second kappa shape index (κ2) is 11.6. The van der Waals surface area contributed by atoms with Gasteiger partial charge < -0.3 is 19.3 Å². The van der Waals surface area contributed by atoms with Gasteiger partial charge in [0.25, 0.3) is 0 Å². The Morgan fingerprint density at radius 3 is 2.52 bits per heavy atom. The number of halogens is 2. The summed E-state index contributed by atoms with van der Waals surface area (Å²) < 4.78 is 11.6. The Morgan fingerprint density at radius 2 is 1.77 bits per heavy atom. The first-order valence-corrected chi connectivity index (χ1v) is 13.4. The van der Waals surface area contributed by atoms with Gasteiger partial charge in [-0.05, 0) is 90.4 Å². The van der Waals surface area contributed by atoms with Crippen LogP contribution < -0.4 is 10.6 Å². The third kappa shape index (κ3) is 6.37. The summed E-state index contributed by atoms with van der Waals surface area (Å²) in [4.78, 5) is 17.0. The SMILES string of the molecule is CC(C)c1ccc2oc(-c3cc(NC(=S)NC(=O)/C=C/c4ccc(-c5cc(Cl)cc(Cl)c5)o4)ccc3O)nc2c1. The molecule has 0 aliphatic carbocycles. The Hall–Kier alpha value is -4.11. The minimum atomic E-state index is -0.458. The van der Waals surface area contributed by atoms with Crippen molar-refractivity contribution >= 4 is 69.3 Å². The van der Waals surface area contributed by atoms with Crippen LogP contribution in [0, 0.1) is 0 Å². The zero-order valence-corrected chi connectivity index (χ0v) is 23.7. The molecular formula is C30H23Cl2N3O4S. The molecular weight excluding hydrogens is 569 g/mol. The van der Waals surface area contributed by atoms with Gasteiger partial charge in [-0.3, -0.25) is 10.1 Å². The topological polar surface area (TPSA) is 101 Å². The number of hydrogen-bond donors (Lipinski definition) is 3. The number of anilines is 1. The number of carbonyl (C=O) groups excluding carboxylic acids is 1. The van der Waals surface area contributed by atoms with Crippen LogP contribution in [0.4, 0.5) is 5.69 Å². The van der Waals surface area contributed by atoms with Gasteiger partial charge in [0, 0.05) is 27.4 Å².